The molecule has 1 aromatic rings. The summed E-state index contributed by atoms with van der Waals surface area (Å²) in [6.07, 6.45) is 1.05. The predicted octanol–water partition coefficient (Wildman–Crippen LogP) is 4.25. The van der Waals surface area contributed by atoms with Crippen LogP contribution in [0.1, 0.15) is 46.6 Å². The number of benzene rings is 1. The highest BCUT2D eigenvalue weighted by molar-refractivity contribution is 5.27. The van der Waals surface area contributed by atoms with E-state index in [1.165, 1.54) is 5.56 Å². The van der Waals surface area contributed by atoms with Crippen molar-refractivity contribution in [3.05, 3.63) is 29.8 Å². The van der Waals surface area contributed by atoms with Crippen LogP contribution in [-0.4, -0.2) is 13.2 Å². The molecule has 2 heteroatoms. The summed E-state index contributed by atoms with van der Waals surface area (Å²) in [5, 5.41) is 3.55. The van der Waals surface area contributed by atoms with Crippen LogP contribution in [0.4, 0.5) is 0 Å². The van der Waals surface area contributed by atoms with Crippen LogP contribution < -0.4 is 10.1 Å². The summed E-state index contributed by atoms with van der Waals surface area (Å²) in [6, 6.07) is 8.39. The first-order valence-corrected chi connectivity index (χ1v) is 7.38. The van der Waals surface area contributed by atoms with Crippen LogP contribution >= 0.6 is 0 Å². The van der Waals surface area contributed by atoms with Crippen LogP contribution in [0, 0.1) is 11.3 Å². The zero-order valence-electron chi connectivity index (χ0n) is 13.1. The fourth-order valence-electron chi connectivity index (χ4n) is 1.66. The molecule has 0 spiro atoms. The molecule has 0 amide bonds. The monoisotopic (exact) mass is 263 g/mol. The van der Waals surface area contributed by atoms with E-state index in [4.69, 9.17) is 4.74 Å². The molecule has 1 aromatic carbocycles. The largest absolute Gasteiger partial charge is 0.494 e. The third-order valence-corrected chi connectivity index (χ3v) is 3.87. The molecule has 0 saturated heterocycles. The van der Waals surface area contributed by atoms with Gasteiger partial charge in [0.2, 0.25) is 0 Å². The summed E-state index contributed by atoms with van der Waals surface area (Å²) in [5.41, 5.74) is 1.65. The van der Waals surface area contributed by atoms with E-state index in [-0.39, 0.29) is 0 Å². The molecule has 0 aliphatic rings. The Morgan fingerprint density at radius 1 is 1.16 bits per heavy atom. The topological polar surface area (TPSA) is 21.3 Å². The Kier molecular flexibility index (Phi) is 6.36. The van der Waals surface area contributed by atoms with Crippen molar-refractivity contribution < 1.29 is 4.74 Å². The van der Waals surface area contributed by atoms with Crippen molar-refractivity contribution in [1.29, 1.82) is 0 Å². The number of ether oxygens (including phenoxy) is 1. The first kappa shape index (κ1) is 16.0. The Morgan fingerprint density at radius 2 is 1.79 bits per heavy atom. The number of hydrogen-bond acceptors (Lipinski definition) is 2. The SMILES string of the molecule is CCCOc1ccc(CNCC(C)(C)C(C)C)cc1. The lowest BCUT2D eigenvalue weighted by molar-refractivity contribution is 0.238. The van der Waals surface area contributed by atoms with Gasteiger partial charge in [0.15, 0.2) is 0 Å². The first-order chi connectivity index (χ1) is 8.95. The number of hydrogen-bond donors (Lipinski definition) is 1. The van der Waals surface area contributed by atoms with E-state index in [1.807, 2.05) is 0 Å². The summed E-state index contributed by atoms with van der Waals surface area (Å²) in [4.78, 5) is 0. The van der Waals surface area contributed by atoms with Gasteiger partial charge in [0.05, 0.1) is 6.61 Å². The molecule has 1 rings (SSSR count). The van der Waals surface area contributed by atoms with Crippen LogP contribution in [-0.2, 0) is 6.54 Å². The molecule has 0 aliphatic heterocycles. The van der Waals surface area contributed by atoms with E-state index < -0.39 is 0 Å². The molecular formula is C17H29NO. The minimum Gasteiger partial charge on any atom is -0.494 e. The minimum absolute atomic E-state index is 0.337. The van der Waals surface area contributed by atoms with Gasteiger partial charge in [-0.2, -0.15) is 0 Å². The van der Waals surface area contributed by atoms with Gasteiger partial charge < -0.3 is 10.1 Å². The van der Waals surface area contributed by atoms with E-state index in [0.717, 1.165) is 31.9 Å². The van der Waals surface area contributed by atoms with Gasteiger partial charge in [0, 0.05) is 13.1 Å². The fourth-order valence-corrected chi connectivity index (χ4v) is 1.66. The van der Waals surface area contributed by atoms with Gasteiger partial charge >= 0.3 is 0 Å². The van der Waals surface area contributed by atoms with Crippen LogP contribution in [0.15, 0.2) is 24.3 Å². The maximum atomic E-state index is 5.58. The van der Waals surface area contributed by atoms with Crippen LogP contribution in [0.25, 0.3) is 0 Å². The summed E-state index contributed by atoms with van der Waals surface area (Å²) < 4.78 is 5.58. The van der Waals surface area contributed by atoms with Crippen molar-refractivity contribution in [2.45, 2.75) is 47.6 Å². The summed E-state index contributed by atoms with van der Waals surface area (Å²) >= 11 is 0. The molecule has 19 heavy (non-hydrogen) atoms. The van der Waals surface area contributed by atoms with Crippen molar-refractivity contribution in [2.75, 3.05) is 13.2 Å². The Balaban J connectivity index is 2.38. The van der Waals surface area contributed by atoms with Gasteiger partial charge in [0.1, 0.15) is 5.75 Å². The van der Waals surface area contributed by atoms with Gasteiger partial charge in [-0.15, -0.1) is 0 Å². The maximum Gasteiger partial charge on any atom is 0.119 e. The average Bonchev–Trinajstić information content (AvgIpc) is 2.37. The molecule has 0 aliphatic carbocycles. The average molecular weight is 263 g/mol. The lowest BCUT2D eigenvalue weighted by atomic mass is 9.81. The molecule has 108 valence electrons. The molecule has 0 bridgehead atoms. The normalized spacial score (nSPS) is 11.9. The first-order valence-electron chi connectivity index (χ1n) is 7.38. The molecule has 0 unspecified atom stereocenters. The molecule has 0 radical (unpaired) electrons. The van der Waals surface area contributed by atoms with Crippen molar-refractivity contribution in [2.24, 2.45) is 11.3 Å². The highest BCUT2D eigenvalue weighted by atomic mass is 16.5. The van der Waals surface area contributed by atoms with Crippen molar-refractivity contribution in [1.82, 2.24) is 5.32 Å². The molecular weight excluding hydrogens is 234 g/mol. The van der Waals surface area contributed by atoms with Gasteiger partial charge in [-0.3, -0.25) is 0 Å². The van der Waals surface area contributed by atoms with Gasteiger partial charge in [-0.1, -0.05) is 46.8 Å². The Morgan fingerprint density at radius 3 is 2.32 bits per heavy atom. The number of rotatable bonds is 8. The van der Waals surface area contributed by atoms with Crippen LogP contribution in [0.3, 0.4) is 0 Å². The Labute approximate surface area is 118 Å². The van der Waals surface area contributed by atoms with Crippen LogP contribution in [0.2, 0.25) is 0 Å². The van der Waals surface area contributed by atoms with E-state index in [1.54, 1.807) is 0 Å². The number of nitrogens with one attached hydrogen (secondary N) is 1. The molecule has 0 aromatic heterocycles. The third-order valence-electron chi connectivity index (χ3n) is 3.87. The van der Waals surface area contributed by atoms with Gasteiger partial charge in [-0.05, 0) is 35.4 Å². The second-order valence-corrected chi connectivity index (χ2v) is 6.24. The maximum absolute atomic E-state index is 5.58. The quantitative estimate of drug-likeness (QED) is 0.757. The van der Waals surface area contributed by atoms with Crippen molar-refractivity contribution in [3.63, 3.8) is 0 Å². The second kappa shape index (κ2) is 7.54. The highest BCUT2D eigenvalue weighted by Gasteiger charge is 2.21. The molecule has 0 saturated carbocycles. The molecule has 0 fully saturated rings. The molecule has 0 heterocycles. The Bertz CT molecular complexity index is 354. The zero-order chi connectivity index (χ0) is 14.3. The van der Waals surface area contributed by atoms with Crippen LogP contribution in [0.5, 0.6) is 5.75 Å². The predicted molar refractivity (Wildman–Crippen MR) is 82.6 cm³/mol. The van der Waals surface area contributed by atoms with E-state index in [9.17, 15) is 0 Å². The smallest absolute Gasteiger partial charge is 0.119 e. The van der Waals surface area contributed by atoms with E-state index in [2.05, 4.69) is 64.2 Å². The highest BCUT2D eigenvalue weighted by Crippen LogP contribution is 2.24. The second-order valence-electron chi connectivity index (χ2n) is 6.24. The molecule has 1 N–H and O–H groups in total. The summed E-state index contributed by atoms with van der Waals surface area (Å²) in [7, 11) is 0. The van der Waals surface area contributed by atoms with Gasteiger partial charge in [-0.25, -0.2) is 0 Å². The molecule has 2 nitrogen and oxygen atoms in total. The zero-order valence-corrected chi connectivity index (χ0v) is 13.1. The fraction of sp³-hybridized carbons (Fsp3) is 0.647. The van der Waals surface area contributed by atoms with E-state index in [0.29, 0.717) is 11.3 Å². The standard InChI is InChI=1S/C17H29NO/c1-6-11-19-16-9-7-15(8-10-16)12-18-13-17(4,5)14(2)3/h7-10,14,18H,6,11-13H2,1-5H3. The molecule has 0 atom stereocenters. The third kappa shape index (κ3) is 5.65. The minimum atomic E-state index is 0.337. The van der Waals surface area contributed by atoms with Crippen molar-refractivity contribution >= 4 is 0 Å². The lowest BCUT2D eigenvalue weighted by Gasteiger charge is -2.29. The Hall–Kier alpha value is -1.02. The van der Waals surface area contributed by atoms with E-state index >= 15 is 0 Å². The summed E-state index contributed by atoms with van der Waals surface area (Å²) in [6.45, 7) is 14.1. The van der Waals surface area contributed by atoms with Gasteiger partial charge in [0.25, 0.3) is 0 Å². The van der Waals surface area contributed by atoms with Crippen molar-refractivity contribution in [3.8, 4) is 5.75 Å². The summed E-state index contributed by atoms with van der Waals surface area (Å²) in [5.74, 6) is 1.65. The lowest BCUT2D eigenvalue weighted by Crippen LogP contribution is -2.33.